The summed E-state index contributed by atoms with van der Waals surface area (Å²) in [4.78, 5) is 0. The van der Waals surface area contributed by atoms with Crippen LogP contribution < -0.4 is 9.39 Å². The Labute approximate surface area is 91.1 Å². The van der Waals surface area contributed by atoms with Gasteiger partial charge in [-0.15, -0.1) is 0 Å². The molecule has 1 rings (SSSR count). The number of rotatable bonds is 3. The first kappa shape index (κ1) is 11.5. The highest BCUT2D eigenvalue weighted by molar-refractivity contribution is 6.44. The molecule has 0 aliphatic rings. The van der Waals surface area contributed by atoms with Crippen LogP contribution in [0.2, 0.25) is 10.0 Å². The van der Waals surface area contributed by atoms with E-state index < -0.39 is 7.32 Å². The van der Waals surface area contributed by atoms with Crippen LogP contribution in [0.3, 0.4) is 0 Å². The van der Waals surface area contributed by atoms with E-state index in [2.05, 4.69) is 4.65 Å². The minimum absolute atomic E-state index is 0.0686. The molecule has 0 aliphatic carbocycles. The van der Waals surface area contributed by atoms with E-state index in [0.717, 1.165) is 0 Å². The first-order valence-electron chi connectivity index (χ1n) is 3.61. The molecule has 0 bridgehead atoms. The van der Waals surface area contributed by atoms with E-state index in [9.17, 15) is 0 Å². The van der Waals surface area contributed by atoms with Crippen LogP contribution in [-0.2, 0) is 0 Å². The Kier molecular flexibility index (Phi) is 3.89. The molecule has 0 saturated heterocycles. The molecule has 0 fully saturated rings. The molecular formula is C7H7BCl2O4. The Bertz CT molecular complexity index is 332. The Balaban J connectivity index is 3.04. The zero-order chi connectivity index (χ0) is 10.7. The summed E-state index contributed by atoms with van der Waals surface area (Å²) in [6, 6.07) is 2.93. The third kappa shape index (κ3) is 2.45. The van der Waals surface area contributed by atoms with Gasteiger partial charge in [-0.2, -0.15) is 0 Å². The largest absolute Gasteiger partial charge is 0.707 e. The quantitative estimate of drug-likeness (QED) is 0.778. The van der Waals surface area contributed by atoms with Crippen LogP contribution in [0.1, 0.15) is 0 Å². The average molecular weight is 237 g/mol. The Morgan fingerprint density at radius 1 is 1.14 bits per heavy atom. The second-order valence-corrected chi connectivity index (χ2v) is 3.09. The summed E-state index contributed by atoms with van der Waals surface area (Å²) in [5, 5.41) is 17.3. The second-order valence-electron chi connectivity index (χ2n) is 2.34. The maximum atomic E-state index is 8.55. The number of halogens is 2. The maximum absolute atomic E-state index is 8.55. The van der Waals surface area contributed by atoms with Crippen molar-refractivity contribution >= 4 is 30.5 Å². The van der Waals surface area contributed by atoms with Gasteiger partial charge < -0.3 is 19.4 Å². The Hall–Kier alpha value is -0.615. The van der Waals surface area contributed by atoms with Crippen LogP contribution in [0.15, 0.2) is 12.1 Å². The van der Waals surface area contributed by atoms with Gasteiger partial charge in [0.2, 0.25) is 0 Å². The van der Waals surface area contributed by atoms with Gasteiger partial charge in [-0.05, 0) is 12.1 Å². The number of hydrogen-bond acceptors (Lipinski definition) is 4. The first-order chi connectivity index (χ1) is 6.56. The molecule has 0 radical (unpaired) electrons. The summed E-state index contributed by atoms with van der Waals surface area (Å²) < 4.78 is 9.45. The minimum atomic E-state index is -1.93. The van der Waals surface area contributed by atoms with Gasteiger partial charge in [0.15, 0.2) is 0 Å². The summed E-state index contributed by atoms with van der Waals surface area (Å²) >= 11 is 11.5. The standard InChI is InChI=1S/C7H7BCl2O4/c1-13-4-2-3-5(14-8(11)12)7(10)6(4)9/h2-3,11-12H,1H3. The molecule has 0 amide bonds. The molecule has 14 heavy (non-hydrogen) atoms. The molecule has 4 nitrogen and oxygen atoms in total. The van der Waals surface area contributed by atoms with Gasteiger partial charge in [-0.1, -0.05) is 23.2 Å². The SMILES string of the molecule is COc1ccc(OB(O)O)c(Cl)c1Cl. The van der Waals surface area contributed by atoms with E-state index in [1.165, 1.54) is 19.2 Å². The fourth-order valence-electron chi connectivity index (χ4n) is 0.876. The van der Waals surface area contributed by atoms with Gasteiger partial charge >= 0.3 is 7.32 Å². The van der Waals surface area contributed by atoms with Crippen molar-refractivity contribution in [3.63, 3.8) is 0 Å². The van der Waals surface area contributed by atoms with Gasteiger partial charge in [0.25, 0.3) is 0 Å². The number of hydrogen-bond donors (Lipinski definition) is 2. The fraction of sp³-hybridized carbons (Fsp3) is 0.143. The van der Waals surface area contributed by atoms with Crippen LogP contribution in [-0.4, -0.2) is 24.5 Å². The van der Waals surface area contributed by atoms with Gasteiger partial charge in [0.05, 0.1) is 7.11 Å². The van der Waals surface area contributed by atoms with Crippen LogP contribution in [0.5, 0.6) is 11.5 Å². The van der Waals surface area contributed by atoms with E-state index in [1.54, 1.807) is 0 Å². The third-order valence-electron chi connectivity index (χ3n) is 1.46. The van der Waals surface area contributed by atoms with E-state index in [4.69, 9.17) is 38.0 Å². The lowest BCUT2D eigenvalue weighted by Gasteiger charge is -2.10. The minimum Gasteiger partial charge on any atom is -0.511 e. The lowest BCUT2D eigenvalue weighted by atomic mass is 10.2. The highest BCUT2D eigenvalue weighted by Gasteiger charge is 2.17. The molecule has 0 saturated carbocycles. The number of ether oxygens (including phenoxy) is 1. The van der Waals surface area contributed by atoms with E-state index >= 15 is 0 Å². The van der Waals surface area contributed by atoms with Crippen molar-refractivity contribution in [2.45, 2.75) is 0 Å². The van der Waals surface area contributed by atoms with Crippen LogP contribution >= 0.6 is 23.2 Å². The predicted molar refractivity (Wildman–Crippen MR) is 53.8 cm³/mol. The smallest absolute Gasteiger partial charge is 0.511 e. The molecular weight excluding hydrogens is 230 g/mol. The number of methoxy groups -OCH3 is 1. The van der Waals surface area contributed by atoms with Crippen molar-refractivity contribution in [3.05, 3.63) is 22.2 Å². The normalized spacial score (nSPS) is 9.79. The predicted octanol–water partition coefficient (Wildman–Crippen LogP) is 1.35. The van der Waals surface area contributed by atoms with E-state index in [0.29, 0.717) is 5.75 Å². The molecule has 0 unspecified atom stereocenters. The van der Waals surface area contributed by atoms with Crippen LogP contribution in [0.4, 0.5) is 0 Å². The van der Waals surface area contributed by atoms with E-state index in [1.807, 2.05) is 0 Å². The molecule has 7 heteroatoms. The van der Waals surface area contributed by atoms with Gasteiger partial charge in [-0.25, -0.2) is 0 Å². The zero-order valence-corrected chi connectivity index (χ0v) is 8.71. The first-order valence-corrected chi connectivity index (χ1v) is 4.36. The van der Waals surface area contributed by atoms with Crippen molar-refractivity contribution in [1.82, 2.24) is 0 Å². The molecule has 0 aromatic heterocycles. The molecule has 76 valence electrons. The molecule has 1 aromatic rings. The molecule has 0 atom stereocenters. The number of benzene rings is 1. The lowest BCUT2D eigenvalue weighted by molar-refractivity contribution is 0.288. The van der Waals surface area contributed by atoms with Crippen molar-refractivity contribution in [3.8, 4) is 11.5 Å². The summed E-state index contributed by atoms with van der Waals surface area (Å²) in [6.45, 7) is 0. The topological polar surface area (TPSA) is 58.9 Å². The maximum Gasteiger partial charge on any atom is 0.707 e. The van der Waals surface area contributed by atoms with Crippen molar-refractivity contribution in [2.75, 3.05) is 7.11 Å². The summed E-state index contributed by atoms with van der Waals surface area (Å²) in [6.07, 6.45) is 0. The molecule has 2 N–H and O–H groups in total. The van der Waals surface area contributed by atoms with Gasteiger partial charge in [-0.3, -0.25) is 0 Å². The Morgan fingerprint density at radius 2 is 1.64 bits per heavy atom. The van der Waals surface area contributed by atoms with Crippen molar-refractivity contribution in [1.29, 1.82) is 0 Å². The average Bonchev–Trinajstić information content (AvgIpc) is 2.13. The van der Waals surface area contributed by atoms with Crippen molar-refractivity contribution in [2.24, 2.45) is 0 Å². The van der Waals surface area contributed by atoms with Gasteiger partial charge in [0, 0.05) is 0 Å². The monoisotopic (exact) mass is 236 g/mol. The van der Waals surface area contributed by atoms with E-state index in [-0.39, 0.29) is 15.8 Å². The van der Waals surface area contributed by atoms with Crippen LogP contribution in [0.25, 0.3) is 0 Å². The van der Waals surface area contributed by atoms with Gasteiger partial charge in [0.1, 0.15) is 21.5 Å². The molecule has 0 spiro atoms. The summed E-state index contributed by atoms with van der Waals surface area (Å²) in [5.41, 5.74) is 0. The highest BCUT2D eigenvalue weighted by atomic mass is 35.5. The molecule has 0 aliphatic heterocycles. The zero-order valence-electron chi connectivity index (χ0n) is 7.20. The van der Waals surface area contributed by atoms with Crippen LogP contribution in [0, 0.1) is 0 Å². The summed E-state index contributed by atoms with van der Waals surface area (Å²) in [7, 11) is -0.490. The highest BCUT2D eigenvalue weighted by Crippen LogP contribution is 2.38. The lowest BCUT2D eigenvalue weighted by Crippen LogP contribution is -2.20. The molecule has 0 heterocycles. The third-order valence-corrected chi connectivity index (χ3v) is 2.31. The van der Waals surface area contributed by atoms with Crippen molar-refractivity contribution < 1.29 is 19.4 Å². The Morgan fingerprint density at radius 3 is 2.14 bits per heavy atom. The fourth-order valence-corrected chi connectivity index (χ4v) is 1.31. The molecule has 1 aromatic carbocycles. The second kappa shape index (κ2) is 4.75. The summed E-state index contributed by atoms with van der Waals surface area (Å²) in [5.74, 6) is 0.462.